The first-order chi connectivity index (χ1) is 9.38. The largest absolute Gasteiger partial charge is 1.00 e. The van der Waals surface area contributed by atoms with Gasteiger partial charge in [0.15, 0.2) is 0 Å². The molecule has 2 heterocycles. The van der Waals surface area contributed by atoms with E-state index in [1.165, 1.54) is 6.92 Å². The molecule has 1 N–H and O–H groups in total. The Morgan fingerprint density at radius 3 is 2.62 bits per heavy atom. The van der Waals surface area contributed by atoms with Crippen LogP contribution in [0.3, 0.4) is 0 Å². The van der Waals surface area contributed by atoms with Crippen LogP contribution >= 0.6 is 0 Å². The molecule has 0 aromatic rings. The summed E-state index contributed by atoms with van der Waals surface area (Å²) in [6.07, 6.45) is -0.776. The van der Waals surface area contributed by atoms with Crippen LogP contribution in [-0.4, -0.2) is 46.6 Å². The predicted octanol–water partition coefficient (Wildman–Crippen LogP) is -4.44. The van der Waals surface area contributed by atoms with Gasteiger partial charge in [-0.05, 0) is 25.8 Å². The number of amides is 1. The van der Waals surface area contributed by atoms with Gasteiger partial charge in [0.1, 0.15) is 0 Å². The Labute approximate surface area is 164 Å². The summed E-state index contributed by atoms with van der Waals surface area (Å²) in [7, 11) is 0. The summed E-state index contributed by atoms with van der Waals surface area (Å²) in [5, 5.41) is 20.7. The van der Waals surface area contributed by atoms with Crippen LogP contribution in [0, 0.1) is 5.92 Å². The quantitative estimate of drug-likeness (QED) is 0.311. The molecule has 0 aromatic carbocycles. The van der Waals surface area contributed by atoms with Crippen molar-refractivity contribution >= 4 is 17.8 Å². The van der Waals surface area contributed by atoms with E-state index >= 15 is 0 Å². The summed E-state index contributed by atoms with van der Waals surface area (Å²) in [4.78, 5) is 35.7. The van der Waals surface area contributed by atoms with Crippen molar-refractivity contribution in [1.29, 1.82) is 0 Å². The summed E-state index contributed by atoms with van der Waals surface area (Å²) in [6, 6.07) is -0.403. The maximum absolute atomic E-state index is 11.9. The fourth-order valence-corrected chi connectivity index (χ4v) is 2.89. The number of aliphatic hydroxyl groups is 1. The van der Waals surface area contributed by atoms with E-state index in [9.17, 15) is 24.6 Å². The number of rotatable bonds is 5. The van der Waals surface area contributed by atoms with E-state index < -0.39 is 35.9 Å². The maximum atomic E-state index is 11.9. The van der Waals surface area contributed by atoms with Crippen LogP contribution in [0.5, 0.6) is 0 Å². The van der Waals surface area contributed by atoms with Crippen LogP contribution in [0.15, 0.2) is 11.3 Å². The smallest absolute Gasteiger partial charge is 0.543 e. The third-order valence-electron chi connectivity index (χ3n) is 3.68. The van der Waals surface area contributed by atoms with Gasteiger partial charge in [-0.3, -0.25) is 9.59 Å². The van der Waals surface area contributed by atoms with Crippen molar-refractivity contribution in [2.24, 2.45) is 5.92 Å². The SMILES string of the molecule is CCOC(=O)CC1=C(C(=O)[O-])N2C(=O)[C@H]([C@@H](C)O)[C@H]2C1.[K+]. The van der Waals surface area contributed by atoms with Crippen LogP contribution in [0.1, 0.15) is 26.7 Å². The molecule has 1 amide bonds. The summed E-state index contributed by atoms with van der Waals surface area (Å²) < 4.78 is 4.78. The van der Waals surface area contributed by atoms with E-state index in [2.05, 4.69) is 0 Å². The van der Waals surface area contributed by atoms with Crippen molar-refractivity contribution in [3.8, 4) is 0 Å². The second-order valence-electron chi connectivity index (χ2n) is 4.97. The number of fused-ring (bicyclic) bond motifs is 1. The number of carbonyl (C=O) groups excluding carboxylic acids is 3. The van der Waals surface area contributed by atoms with E-state index in [1.807, 2.05) is 0 Å². The van der Waals surface area contributed by atoms with Crippen molar-refractivity contribution in [3.63, 3.8) is 0 Å². The zero-order valence-corrected chi connectivity index (χ0v) is 15.4. The average Bonchev–Trinajstić information content (AvgIpc) is 2.63. The number of aliphatic hydroxyl groups excluding tert-OH is 1. The van der Waals surface area contributed by atoms with Crippen LogP contribution in [0.2, 0.25) is 0 Å². The van der Waals surface area contributed by atoms with E-state index in [1.54, 1.807) is 6.92 Å². The Bertz CT molecular complexity index is 501. The van der Waals surface area contributed by atoms with Gasteiger partial charge >= 0.3 is 57.4 Å². The standard InChI is InChI=1S/C13H17NO6.K/c1-3-20-9(16)5-7-4-8-10(6(2)15)12(17)14(8)11(7)13(18)19;/h6,8,10,15H,3-5H2,1-2H3,(H,18,19);/q;+1/p-1/t6-,8-,10-;/m1./s1. The first-order valence-corrected chi connectivity index (χ1v) is 6.48. The van der Waals surface area contributed by atoms with Gasteiger partial charge in [0.25, 0.3) is 0 Å². The van der Waals surface area contributed by atoms with E-state index in [4.69, 9.17) is 4.74 Å². The number of carboxylic acid groups (broad SMARTS) is 1. The van der Waals surface area contributed by atoms with Gasteiger partial charge in [0.2, 0.25) is 5.91 Å². The Hall–Kier alpha value is -0.254. The molecule has 2 rings (SSSR count). The average molecular weight is 321 g/mol. The first kappa shape index (κ1) is 18.8. The van der Waals surface area contributed by atoms with E-state index in [-0.39, 0.29) is 76.5 Å². The summed E-state index contributed by atoms with van der Waals surface area (Å²) in [5.41, 5.74) is 0.0786. The van der Waals surface area contributed by atoms with Crippen LogP contribution in [0.25, 0.3) is 0 Å². The number of β-lactam (4-membered cyclic amide) rings is 1. The van der Waals surface area contributed by atoms with Crippen LogP contribution < -0.4 is 56.5 Å². The normalized spacial score (nSPS) is 24.9. The van der Waals surface area contributed by atoms with Crippen molar-refractivity contribution in [2.45, 2.75) is 38.8 Å². The molecular formula is C13H16KNO6. The zero-order valence-electron chi connectivity index (χ0n) is 12.3. The number of carbonyl (C=O) groups is 3. The minimum Gasteiger partial charge on any atom is -0.543 e. The van der Waals surface area contributed by atoms with Crippen molar-refractivity contribution in [2.75, 3.05) is 6.61 Å². The number of nitrogens with zero attached hydrogens (tertiary/aromatic N) is 1. The number of ether oxygens (including phenoxy) is 1. The summed E-state index contributed by atoms with van der Waals surface area (Å²) in [6.45, 7) is 3.35. The van der Waals surface area contributed by atoms with Gasteiger partial charge in [-0.25, -0.2) is 0 Å². The van der Waals surface area contributed by atoms with Gasteiger partial charge in [0.05, 0.1) is 42.8 Å². The third kappa shape index (κ3) is 3.40. The number of hydrogen-bond donors (Lipinski definition) is 1. The molecule has 110 valence electrons. The molecule has 1 saturated heterocycles. The van der Waals surface area contributed by atoms with Gasteiger partial charge < -0.3 is 24.6 Å². The van der Waals surface area contributed by atoms with Gasteiger partial charge in [-0.2, -0.15) is 0 Å². The molecule has 2 aliphatic heterocycles. The molecular weight excluding hydrogens is 305 g/mol. The van der Waals surface area contributed by atoms with Gasteiger partial charge in [0, 0.05) is 0 Å². The van der Waals surface area contributed by atoms with Crippen molar-refractivity contribution in [1.82, 2.24) is 4.90 Å². The fraction of sp³-hybridized carbons (Fsp3) is 0.615. The van der Waals surface area contributed by atoms with Gasteiger partial charge in [-0.1, -0.05) is 0 Å². The second-order valence-corrected chi connectivity index (χ2v) is 4.97. The molecule has 21 heavy (non-hydrogen) atoms. The molecule has 0 spiro atoms. The monoisotopic (exact) mass is 321 g/mol. The minimum absolute atomic E-state index is 0. The summed E-state index contributed by atoms with van der Waals surface area (Å²) >= 11 is 0. The molecule has 7 nitrogen and oxygen atoms in total. The van der Waals surface area contributed by atoms with E-state index in [0.717, 1.165) is 4.90 Å². The summed E-state index contributed by atoms with van der Waals surface area (Å²) in [5.74, 6) is -3.08. The molecule has 0 aliphatic carbocycles. The Kier molecular flexibility index (Phi) is 6.57. The predicted molar refractivity (Wildman–Crippen MR) is 63.7 cm³/mol. The minimum atomic E-state index is -1.48. The van der Waals surface area contributed by atoms with E-state index in [0.29, 0.717) is 5.57 Å². The number of esters is 1. The molecule has 0 bridgehead atoms. The molecule has 0 unspecified atom stereocenters. The first-order valence-electron chi connectivity index (χ1n) is 6.48. The zero-order chi connectivity index (χ0) is 15.0. The maximum Gasteiger partial charge on any atom is 1.00 e. The van der Waals surface area contributed by atoms with Crippen LogP contribution in [-0.2, 0) is 19.1 Å². The molecule has 1 fully saturated rings. The Morgan fingerprint density at radius 1 is 1.52 bits per heavy atom. The molecule has 2 aliphatic rings. The fourth-order valence-electron chi connectivity index (χ4n) is 2.89. The molecule has 0 aromatic heterocycles. The molecule has 0 saturated carbocycles. The Morgan fingerprint density at radius 2 is 2.14 bits per heavy atom. The molecule has 3 atom stereocenters. The molecule has 8 heteroatoms. The van der Waals surface area contributed by atoms with Crippen molar-refractivity contribution < 1.29 is 80.7 Å². The Balaban J connectivity index is 0.00000220. The van der Waals surface area contributed by atoms with Crippen molar-refractivity contribution in [3.05, 3.63) is 11.3 Å². The number of hydrogen-bond acceptors (Lipinski definition) is 6. The number of aliphatic carboxylic acids is 1. The topological polar surface area (TPSA) is 107 Å². The number of carboxylic acids is 1. The van der Waals surface area contributed by atoms with Crippen LogP contribution in [0.4, 0.5) is 0 Å². The van der Waals surface area contributed by atoms with Gasteiger partial charge in [-0.15, -0.1) is 0 Å². The second kappa shape index (κ2) is 7.34. The third-order valence-corrected chi connectivity index (χ3v) is 3.68. The molecule has 0 radical (unpaired) electrons.